The van der Waals surface area contributed by atoms with Gasteiger partial charge in [0.15, 0.2) is 0 Å². The smallest absolute Gasteiger partial charge is 0.0480 e. The lowest BCUT2D eigenvalue weighted by molar-refractivity contribution is 0.0703. The van der Waals surface area contributed by atoms with Crippen LogP contribution in [0.1, 0.15) is 31.2 Å². The third-order valence-corrected chi connectivity index (χ3v) is 4.53. The van der Waals surface area contributed by atoms with Crippen LogP contribution in [0.2, 0.25) is 0 Å². The maximum Gasteiger partial charge on any atom is 0.0480 e. The zero-order chi connectivity index (χ0) is 13.6. The van der Waals surface area contributed by atoms with Crippen molar-refractivity contribution >= 4 is 0 Å². The lowest BCUT2D eigenvalue weighted by atomic mass is 10.0. The molecule has 2 aliphatic heterocycles. The van der Waals surface area contributed by atoms with E-state index < -0.39 is 0 Å². The molecule has 0 aromatic heterocycles. The molecule has 1 aromatic rings. The highest BCUT2D eigenvalue weighted by Gasteiger charge is 2.22. The van der Waals surface area contributed by atoms with Gasteiger partial charge in [-0.2, -0.15) is 0 Å². The summed E-state index contributed by atoms with van der Waals surface area (Å²) in [6, 6.07) is 12.2. The van der Waals surface area contributed by atoms with Gasteiger partial charge in [-0.1, -0.05) is 30.3 Å². The molecule has 0 radical (unpaired) electrons. The van der Waals surface area contributed by atoms with Crippen LogP contribution in [-0.4, -0.2) is 43.3 Å². The number of nitrogens with zero attached hydrogens (tertiary/aromatic N) is 1. The van der Waals surface area contributed by atoms with Crippen molar-refractivity contribution in [3.05, 3.63) is 35.9 Å². The van der Waals surface area contributed by atoms with E-state index in [1.54, 1.807) is 0 Å². The molecule has 1 aromatic carbocycles. The number of nitrogens with one attached hydrogen (secondary N) is 1. The molecule has 0 unspecified atom stereocenters. The van der Waals surface area contributed by atoms with E-state index in [1.807, 2.05) is 0 Å². The minimum absolute atomic E-state index is 0.689. The van der Waals surface area contributed by atoms with Gasteiger partial charge in [-0.15, -0.1) is 0 Å². The summed E-state index contributed by atoms with van der Waals surface area (Å²) in [6.45, 7) is 5.41. The van der Waals surface area contributed by atoms with Gasteiger partial charge in [-0.3, -0.25) is 4.90 Å². The molecular weight excluding hydrogens is 248 g/mol. The van der Waals surface area contributed by atoms with E-state index in [2.05, 4.69) is 40.5 Å². The fraction of sp³-hybridized carbons (Fsp3) is 0.647. The van der Waals surface area contributed by atoms with Crippen molar-refractivity contribution in [1.29, 1.82) is 0 Å². The Morgan fingerprint density at radius 1 is 0.950 bits per heavy atom. The third-order valence-electron chi connectivity index (χ3n) is 4.53. The topological polar surface area (TPSA) is 24.5 Å². The second-order valence-corrected chi connectivity index (χ2v) is 6.09. The van der Waals surface area contributed by atoms with E-state index in [0.717, 1.165) is 19.8 Å². The highest BCUT2D eigenvalue weighted by atomic mass is 16.5. The number of hydrogen-bond donors (Lipinski definition) is 1. The number of piperidine rings is 1. The molecule has 2 fully saturated rings. The van der Waals surface area contributed by atoms with Crippen molar-refractivity contribution in [2.45, 2.75) is 44.3 Å². The van der Waals surface area contributed by atoms with Crippen molar-refractivity contribution < 1.29 is 4.74 Å². The highest BCUT2D eigenvalue weighted by Crippen LogP contribution is 2.16. The molecule has 3 heteroatoms. The van der Waals surface area contributed by atoms with E-state index in [4.69, 9.17) is 4.74 Å². The number of hydrogen-bond acceptors (Lipinski definition) is 3. The Hall–Kier alpha value is -0.900. The molecule has 3 rings (SSSR count). The van der Waals surface area contributed by atoms with Crippen LogP contribution in [0.15, 0.2) is 30.3 Å². The van der Waals surface area contributed by atoms with Crippen molar-refractivity contribution in [3.63, 3.8) is 0 Å². The van der Waals surface area contributed by atoms with Crippen LogP contribution in [0.3, 0.4) is 0 Å². The second-order valence-electron chi connectivity index (χ2n) is 6.09. The summed E-state index contributed by atoms with van der Waals surface area (Å²) in [5.74, 6) is 0. The van der Waals surface area contributed by atoms with Gasteiger partial charge in [-0.05, 0) is 44.3 Å². The van der Waals surface area contributed by atoms with Crippen LogP contribution in [-0.2, 0) is 11.3 Å². The maximum atomic E-state index is 5.42. The van der Waals surface area contributed by atoms with Gasteiger partial charge in [-0.25, -0.2) is 0 Å². The molecule has 0 atom stereocenters. The number of benzene rings is 1. The summed E-state index contributed by atoms with van der Waals surface area (Å²) < 4.78 is 5.42. The van der Waals surface area contributed by atoms with Gasteiger partial charge in [0.1, 0.15) is 0 Å². The average Bonchev–Trinajstić information content (AvgIpc) is 2.51. The first-order valence-electron chi connectivity index (χ1n) is 8.00. The molecule has 110 valence electrons. The van der Waals surface area contributed by atoms with Crippen LogP contribution in [0.25, 0.3) is 0 Å². The van der Waals surface area contributed by atoms with Gasteiger partial charge in [0.05, 0.1) is 0 Å². The number of ether oxygens (including phenoxy) is 1. The lowest BCUT2D eigenvalue weighted by Crippen LogP contribution is -2.47. The van der Waals surface area contributed by atoms with E-state index >= 15 is 0 Å². The Labute approximate surface area is 122 Å². The molecule has 3 nitrogen and oxygen atoms in total. The van der Waals surface area contributed by atoms with Crippen LogP contribution in [0, 0.1) is 0 Å². The fourth-order valence-corrected chi connectivity index (χ4v) is 3.30. The molecule has 2 aliphatic rings. The predicted molar refractivity (Wildman–Crippen MR) is 81.7 cm³/mol. The van der Waals surface area contributed by atoms with Crippen LogP contribution in [0.5, 0.6) is 0 Å². The highest BCUT2D eigenvalue weighted by molar-refractivity contribution is 5.14. The largest absolute Gasteiger partial charge is 0.381 e. The van der Waals surface area contributed by atoms with Crippen molar-refractivity contribution in [1.82, 2.24) is 10.2 Å². The molecule has 0 spiro atoms. The summed E-state index contributed by atoms with van der Waals surface area (Å²) in [7, 11) is 0. The normalized spacial score (nSPS) is 23.0. The average molecular weight is 274 g/mol. The van der Waals surface area contributed by atoms with Gasteiger partial charge >= 0.3 is 0 Å². The van der Waals surface area contributed by atoms with Crippen LogP contribution >= 0.6 is 0 Å². The standard InChI is InChI=1S/C17H26N2O/c1-2-4-15(5-3-1)14-19-10-6-16(7-11-19)18-17-8-12-20-13-9-17/h1-5,16-18H,6-14H2. The van der Waals surface area contributed by atoms with Crippen molar-refractivity contribution in [3.8, 4) is 0 Å². The monoisotopic (exact) mass is 274 g/mol. The van der Waals surface area contributed by atoms with Gasteiger partial charge < -0.3 is 10.1 Å². The molecule has 1 N–H and O–H groups in total. The zero-order valence-electron chi connectivity index (χ0n) is 12.3. The maximum absolute atomic E-state index is 5.42. The molecular formula is C17H26N2O. The van der Waals surface area contributed by atoms with Gasteiger partial charge in [0, 0.05) is 31.8 Å². The molecule has 0 aliphatic carbocycles. The Bertz CT molecular complexity index is 381. The quantitative estimate of drug-likeness (QED) is 0.912. The first kappa shape index (κ1) is 14.1. The van der Waals surface area contributed by atoms with Crippen LogP contribution < -0.4 is 5.32 Å². The molecule has 2 saturated heterocycles. The summed E-state index contributed by atoms with van der Waals surface area (Å²) in [5, 5.41) is 3.84. The molecule has 0 bridgehead atoms. The zero-order valence-corrected chi connectivity index (χ0v) is 12.3. The molecule has 2 heterocycles. The summed E-state index contributed by atoms with van der Waals surface area (Å²) in [6.07, 6.45) is 4.93. The summed E-state index contributed by atoms with van der Waals surface area (Å²) in [5.41, 5.74) is 1.43. The summed E-state index contributed by atoms with van der Waals surface area (Å²) >= 11 is 0. The van der Waals surface area contributed by atoms with Gasteiger partial charge in [0.25, 0.3) is 0 Å². The third kappa shape index (κ3) is 4.05. The van der Waals surface area contributed by atoms with E-state index in [-0.39, 0.29) is 0 Å². The van der Waals surface area contributed by atoms with Crippen molar-refractivity contribution in [2.24, 2.45) is 0 Å². The Kier molecular flexibility index (Phi) is 5.06. The molecule has 0 saturated carbocycles. The lowest BCUT2D eigenvalue weighted by Gasteiger charge is -2.35. The Balaban J connectivity index is 1.40. The Morgan fingerprint density at radius 3 is 2.30 bits per heavy atom. The second kappa shape index (κ2) is 7.21. The SMILES string of the molecule is c1ccc(CN2CCC(NC3CCOCC3)CC2)cc1. The fourth-order valence-electron chi connectivity index (χ4n) is 3.30. The number of likely N-dealkylation sites (tertiary alicyclic amines) is 1. The van der Waals surface area contributed by atoms with E-state index in [1.165, 1.54) is 44.3 Å². The predicted octanol–water partition coefficient (Wildman–Crippen LogP) is 2.42. The minimum atomic E-state index is 0.689. The minimum Gasteiger partial charge on any atom is -0.381 e. The summed E-state index contributed by atoms with van der Waals surface area (Å²) in [4.78, 5) is 2.58. The first-order chi connectivity index (χ1) is 9.90. The Morgan fingerprint density at radius 2 is 1.60 bits per heavy atom. The first-order valence-corrected chi connectivity index (χ1v) is 8.00. The van der Waals surface area contributed by atoms with Gasteiger partial charge in [0.2, 0.25) is 0 Å². The molecule has 0 amide bonds. The molecule has 20 heavy (non-hydrogen) atoms. The van der Waals surface area contributed by atoms with Crippen molar-refractivity contribution in [2.75, 3.05) is 26.3 Å². The van der Waals surface area contributed by atoms with E-state index in [0.29, 0.717) is 12.1 Å². The van der Waals surface area contributed by atoms with Crippen LogP contribution in [0.4, 0.5) is 0 Å². The number of rotatable bonds is 4. The van der Waals surface area contributed by atoms with E-state index in [9.17, 15) is 0 Å².